The summed E-state index contributed by atoms with van der Waals surface area (Å²) >= 11 is 0. The SMILES string of the molecule is CCN1CCc2cc(OC)c(Nc3nnc(C(N)=O)c(Nc4ccccc4C(C)OC)n3)cc2C1. The normalized spacial score (nSPS) is 14.2. The molecule has 1 amide bonds. The Morgan fingerprint density at radius 2 is 1.94 bits per heavy atom. The lowest BCUT2D eigenvalue weighted by Gasteiger charge is -2.28. The van der Waals surface area contributed by atoms with Crippen molar-refractivity contribution < 1.29 is 14.3 Å². The molecular weight excluding hydrogens is 446 g/mol. The first kappa shape index (κ1) is 24.4. The zero-order valence-corrected chi connectivity index (χ0v) is 20.5. The van der Waals surface area contributed by atoms with E-state index in [-0.39, 0.29) is 23.6 Å². The number of amides is 1. The van der Waals surface area contributed by atoms with Crippen LogP contribution >= 0.6 is 0 Å². The zero-order valence-electron chi connectivity index (χ0n) is 20.5. The fourth-order valence-corrected chi connectivity index (χ4v) is 4.15. The van der Waals surface area contributed by atoms with Crippen molar-refractivity contribution >= 4 is 29.0 Å². The van der Waals surface area contributed by atoms with Crippen molar-refractivity contribution in [2.75, 3.05) is 37.9 Å². The van der Waals surface area contributed by atoms with Crippen LogP contribution in [0, 0.1) is 0 Å². The Morgan fingerprint density at radius 1 is 1.14 bits per heavy atom. The van der Waals surface area contributed by atoms with Gasteiger partial charge in [0.25, 0.3) is 5.91 Å². The van der Waals surface area contributed by atoms with Crippen molar-refractivity contribution in [3.63, 3.8) is 0 Å². The first-order valence-electron chi connectivity index (χ1n) is 11.6. The Bertz CT molecular complexity index is 1220. The van der Waals surface area contributed by atoms with Crippen LogP contribution in [0.2, 0.25) is 0 Å². The van der Waals surface area contributed by atoms with E-state index in [1.807, 2.05) is 31.2 Å². The van der Waals surface area contributed by atoms with Gasteiger partial charge in [0.1, 0.15) is 5.75 Å². The predicted molar refractivity (Wildman–Crippen MR) is 134 cm³/mol. The number of methoxy groups -OCH3 is 2. The van der Waals surface area contributed by atoms with E-state index in [4.69, 9.17) is 15.2 Å². The van der Waals surface area contributed by atoms with E-state index in [9.17, 15) is 4.79 Å². The molecule has 0 saturated heterocycles. The molecule has 2 aromatic carbocycles. The number of aromatic nitrogens is 3. The maximum atomic E-state index is 12.0. The van der Waals surface area contributed by atoms with Crippen molar-refractivity contribution in [2.45, 2.75) is 32.9 Å². The Kier molecular flexibility index (Phi) is 7.42. The van der Waals surface area contributed by atoms with E-state index in [2.05, 4.69) is 49.8 Å². The molecule has 1 aliphatic rings. The van der Waals surface area contributed by atoms with E-state index in [0.717, 1.165) is 43.0 Å². The van der Waals surface area contributed by atoms with Crippen molar-refractivity contribution in [1.82, 2.24) is 20.1 Å². The Hall–Kier alpha value is -3.76. The Morgan fingerprint density at radius 3 is 2.66 bits per heavy atom. The minimum absolute atomic E-state index is 0.0635. The van der Waals surface area contributed by atoms with Gasteiger partial charge in [-0.25, -0.2) is 0 Å². The summed E-state index contributed by atoms with van der Waals surface area (Å²) in [5.41, 5.74) is 10.3. The number of fused-ring (bicyclic) bond motifs is 1. The molecule has 2 heterocycles. The Balaban J connectivity index is 1.68. The van der Waals surface area contributed by atoms with Gasteiger partial charge in [0.2, 0.25) is 5.95 Å². The number of anilines is 4. The number of para-hydroxylation sites is 1. The standard InChI is InChI=1S/C25H31N7O3/c1-5-32-11-10-16-13-21(35-4)20(12-17(16)14-32)28-25-29-24(22(23(26)33)30-31-25)27-19-9-7-6-8-18(19)15(2)34-3/h6-9,12-13,15H,5,10-11,14H2,1-4H3,(H2,26,33)(H2,27,28,29,31). The van der Waals surface area contributed by atoms with Crippen LogP contribution < -0.4 is 21.1 Å². The van der Waals surface area contributed by atoms with Gasteiger partial charge >= 0.3 is 0 Å². The number of nitrogens with two attached hydrogens (primary N) is 1. The quantitative estimate of drug-likeness (QED) is 0.424. The van der Waals surface area contributed by atoms with Crippen LogP contribution in [0.5, 0.6) is 5.75 Å². The minimum atomic E-state index is -0.734. The Labute approximate surface area is 204 Å². The number of nitrogens with zero attached hydrogens (tertiary/aromatic N) is 4. The number of nitrogens with one attached hydrogen (secondary N) is 2. The fraction of sp³-hybridized carbons (Fsp3) is 0.360. The second kappa shape index (κ2) is 10.7. The number of carbonyl (C=O) groups is 1. The molecule has 0 fully saturated rings. The number of benzene rings is 2. The molecule has 35 heavy (non-hydrogen) atoms. The maximum absolute atomic E-state index is 12.0. The molecule has 0 radical (unpaired) electrons. The summed E-state index contributed by atoms with van der Waals surface area (Å²) in [7, 11) is 3.26. The highest BCUT2D eigenvalue weighted by molar-refractivity contribution is 5.96. The first-order valence-corrected chi connectivity index (χ1v) is 11.6. The average Bonchev–Trinajstić information content (AvgIpc) is 2.87. The predicted octanol–water partition coefficient (Wildman–Crippen LogP) is 3.55. The van der Waals surface area contributed by atoms with E-state index >= 15 is 0 Å². The van der Waals surface area contributed by atoms with E-state index in [1.165, 1.54) is 11.1 Å². The summed E-state index contributed by atoms with van der Waals surface area (Å²) in [5.74, 6) is 0.350. The lowest BCUT2D eigenvalue weighted by molar-refractivity contribution is 0.0995. The summed E-state index contributed by atoms with van der Waals surface area (Å²) in [6.45, 7) is 6.98. The summed E-state index contributed by atoms with van der Waals surface area (Å²) in [5, 5.41) is 14.5. The average molecular weight is 478 g/mol. The van der Waals surface area contributed by atoms with Gasteiger partial charge in [-0.3, -0.25) is 9.69 Å². The number of ether oxygens (including phenoxy) is 2. The molecule has 1 aliphatic heterocycles. The molecule has 1 atom stereocenters. The lowest BCUT2D eigenvalue weighted by atomic mass is 9.98. The van der Waals surface area contributed by atoms with Gasteiger partial charge in [-0.2, -0.15) is 4.98 Å². The molecule has 0 bridgehead atoms. The van der Waals surface area contributed by atoms with Gasteiger partial charge < -0.3 is 25.8 Å². The molecule has 0 aliphatic carbocycles. The summed E-state index contributed by atoms with van der Waals surface area (Å²) < 4.78 is 11.1. The largest absolute Gasteiger partial charge is 0.495 e. The van der Waals surface area contributed by atoms with Crippen LogP contribution in [-0.4, -0.2) is 53.3 Å². The van der Waals surface area contributed by atoms with Gasteiger partial charge in [0.15, 0.2) is 11.5 Å². The second-order valence-electron chi connectivity index (χ2n) is 8.35. The van der Waals surface area contributed by atoms with Gasteiger partial charge in [-0.15, -0.1) is 10.2 Å². The minimum Gasteiger partial charge on any atom is -0.495 e. The van der Waals surface area contributed by atoms with Crippen molar-refractivity contribution in [3.05, 3.63) is 58.8 Å². The number of hydrogen-bond acceptors (Lipinski definition) is 9. The highest BCUT2D eigenvalue weighted by atomic mass is 16.5. The third-order valence-electron chi connectivity index (χ3n) is 6.23. The van der Waals surface area contributed by atoms with Gasteiger partial charge in [-0.05, 0) is 49.2 Å². The van der Waals surface area contributed by atoms with E-state index in [0.29, 0.717) is 5.75 Å². The topological polar surface area (TPSA) is 128 Å². The molecule has 1 unspecified atom stereocenters. The van der Waals surface area contributed by atoms with Crippen molar-refractivity contribution in [3.8, 4) is 5.75 Å². The smallest absolute Gasteiger partial charge is 0.273 e. The van der Waals surface area contributed by atoms with Crippen LogP contribution in [-0.2, 0) is 17.7 Å². The maximum Gasteiger partial charge on any atom is 0.273 e. The molecule has 0 spiro atoms. The molecule has 0 saturated carbocycles. The number of hydrogen-bond donors (Lipinski definition) is 3. The molecule has 4 rings (SSSR count). The third-order valence-corrected chi connectivity index (χ3v) is 6.23. The van der Waals surface area contributed by atoms with Crippen molar-refractivity contribution in [2.24, 2.45) is 5.73 Å². The van der Waals surface area contributed by atoms with Crippen LogP contribution in [0.3, 0.4) is 0 Å². The highest BCUT2D eigenvalue weighted by Crippen LogP contribution is 2.34. The molecule has 1 aromatic heterocycles. The van der Waals surface area contributed by atoms with Crippen LogP contribution in [0.1, 0.15) is 47.1 Å². The van der Waals surface area contributed by atoms with Gasteiger partial charge in [-0.1, -0.05) is 25.1 Å². The number of carbonyl (C=O) groups excluding carboxylic acids is 1. The fourth-order valence-electron chi connectivity index (χ4n) is 4.15. The molecule has 4 N–H and O–H groups in total. The molecular formula is C25H31N7O3. The second-order valence-corrected chi connectivity index (χ2v) is 8.35. The first-order chi connectivity index (χ1) is 16.9. The van der Waals surface area contributed by atoms with Crippen molar-refractivity contribution in [1.29, 1.82) is 0 Å². The number of rotatable bonds is 9. The third kappa shape index (κ3) is 5.33. The summed E-state index contributed by atoms with van der Waals surface area (Å²) in [6, 6.07) is 11.7. The number of likely N-dealkylation sites (N-methyl/N-ethyl adjacent to an activating group) is 1. The van der Waals surface area contributed by atoms with E-state index in [1.54, 1.807) is 14.2 Å². The summed E-state index contributed by atoms with van der Waals surface area (Å²) in [6.07, 6.45) is 0.795. The van der Waals surface area contributed by atoms with E-state index < -0.39 is 5.91 Å². The molecule has 10 heteroatoms. The summed E-state index contributed by atoms with van der Waals surface area (Å²) in [4.78, 5) is 19.0. The van der Waals surface area contributed by atoms with Gasteiger partial charge in [0, 0.05) is 31.5 Å². The monoisotopic (exact) mass is 477 g/mol. The van der Waals surface area contributed by atoms with Crippen LogP contribution in [0.15, 0.2) is 36.4 Å². The lowest BCUT2D eigenvalue weighted by Crippen LogP contribution is -2.30. The van der Waals surface area contributed by atoms with Gasteiger partial charge in [0.05, 0.1) is 18.9 Å². The highest BCUT2D eigenvalue weighted by Gasteiger charge is 2.21. The van der Waals surface area contributed by atoms with Crippen LogP contribution in [0.25, 0.3) is 0 Å². The number of primary amides is 1. The molecule has 10 nitrogen and oxygen atoms in total. The molecule has 3 aromatic rings. The zero-order chi connectivity index (χ0) is 24.9. The molecule has 184 valence electrons. The van der Waals surface area contributed by atoms with Crippen LogP contribution in [0.4, 0.5) is 23.1 Å².